The predicted molar refractivity (Wildman–Crippen MR) is 73.7 cm³/mol. The Morgan fingerprint density at radius 2 is 1.75 bits per heavy atom. The van der Waals surface area contributed by atoms with Crippen molar-refractivity contribution in [3.05, 3.63) is 16.9 Å². The van der Waals surface area contributed by atoms with E-state index < -0.39 is 0 Å². The summed E-state index contributed by atoms with van der Waals surface area (Å²) in [6.45, 7) is 2.16. The van der Waals surface area contributed by atoms with Crippen LogP contribution >= 0.6 is 40.7 Å². The van der Waals surface area contributed by atoms with Gasteiger partial charge in [-0.3, -0.25) is 0 Å². The first-order valence-corrected chi connectivity index (χ1v) is 5.59. The molecule has 2 rings (SSSR count). The van der Waals surface area contributed by atoms with Gasteiger partial charge in [-0.1, -0.05) is 0 Å². The van der Waals surface area contributed by atoms with Crippen molar-refractivity contribution in [3.8, 4) is 0 Å². The van der Waals surface area contributed by atoms with Crippen molar-refractivity contribution < 1.29 is 0 Å². The van der Waals surface area contributed by atoms with Gasteiger partial charge in [-0.25, -0.2) is 9.97 Å². The van der Waals surface area contributed by atoms with Crippen molar-refractivity contribution in [1.82, 2.24) is 15.3 Å². The Hall–Kier alpha value is -0.100. The Labute approximate surface area is 116 Å². The molecule has 1 aliphatic rings. The van der Waals surface area contributed by atoms with Crippen LogP contribution in [0.25, 0.3) is 0 Å². The van der Waals surface area contributed by atoms with Gasteiger partial charge in [0.2, 0.25) is 5.95 Å². The predicted octanol–water partition coefficient (Wildman–Crippen LogP) is 2.25. The van der Waals surface area contributed by atoms with E-state index in [1.807, 2.05) is 0 Å². The van der Waals surface area contributed by atoms with Crippen molar-refractivity contribution in [2.24, 2.45) is 0 Å². The lowest BCUT2D eigenvalue weighted by Gasteiger charge is -2.23. The normalized spacial score (nSPS) is 15.8. The molecule has 0 bridgehead atoms. The Balaban J connectivity index is 0.00000112. The molecule has 1 aliphatic heterocycles. The van der Waals surface area contributed by atoms with Crippen LogP contribution in [0.4, 0.5) is 5.95 Å². The molecule has 0 spiro atoms. The fourth-order valence-electron chi connectivity index (χ4n) is 1.54. The molecule has 1 fully saturated rings. The molecule has 2 heterocycles. The molecule has 4 nitrogen and oxygen atoms in total. The molecule has 0 aromatic carbocycles. The van der Waals surface area contributed by atoms with Crippen molar-refractivity contribution in [2.45, 2.75) is 18.9 Å². The fourth-order valence-corrected chi connectivity index (χ4v) is 1.74. The molecular weight excluding hydrogens is 315 g/mol. The Morgan fingerprint density at radius 3 is 2.31 bits per heavy atom. The maximum atomic E-state index is 4.18. The molecule has 0 aliphatic carbocycles. The van der Waals surface area contributed by atoms with Gasteiger partial charge in [-0.2, -0.15) is 0 Å². The molecular formula is C9H15BrCl2N4. The van der Waals surface area contributed by atoms with Crippen LogP contribution in [0.2, 0.25) is 0 Å². The largest absolute Gasteiger partial charge is 0.351 e. The number of aromatic nitrogens is 2. The second kappa shape index (κ2) is 8.06. The molecule has 92 valence electrons. The first-order chi connectivity index (χ1) is 6.84. The summed E-state index contributed by atoms with van der Waals surface area (Å²) in [5, 5.41) is 6.65. The van der Waals surface area contributed by atoms with Gasteiger partial charge in [-0.05, 0) is 41.9 Å². The summed E-state index contributed by atoms with van der Waals surface area (Å²) in [5.74, 6) is 0.722. The topological polar surface area (TPSA) is 49.8 Å². The quantitative estimate of drug-likeness (QED) is 0.873. The summed E-state index contributed by atoms with van der Waals surface area (Å²) in [7, 11) is 0. The van der Waals surface area contributed by atoms with Crippen LogP contribution in [0.1, 0.15) is 12.8 Å². The molecule has 16 heavy (non-hydrogen) atoms. The molecule has 0 unspecified atom stereocenters. The summed E-state index contributed by atoms with van der Waals surface area (Å²) in [6, 6.07) is 0.512. The number of nitrogens with one attached hydrogen (secondary N) is 2. The van der Waals surface area contributed by atoms with Crippen LogP contribution in [0.15, 0.2) is 16.9 Å². The Kier molecular flexibility index (Phi) is 8.01. The molecule has 0 atom stereocenters. The molecule has 1 aromatic heterocycles. The Bertz CT molecular complexity index is 290. The summed E-state index contributed by atoms with van der Waals surface area (Å²) >= 11 is 3.31. The second-order valence-electron chi connectivity index (χ2n) is 3.39. The van der Waals surface area contributed by atoms with E-state index in [1.165, 1.54) is 0 Å². The Morgan fingerprint density at radius 1 is 1.19 bits per heavy atom. The average molecular weight is 330 g/mol. The van der Waals surface area contributed by atoms with Crippen molar-refractivity contribution in [2.75, 3.05) is 18.4 Å². The number of hydrogen-bond acceptors (Lipinski definition) is 4. The standard InChI is InChI=1S/C9H13BrN4.2ClH/c10-7-5-12-9(13-6-7)14-8-1-3-11-4-2-8;;/h5-6,8,11H,1-4H2,(H,12,13,14);2*1H. The van der Waals surface area contributed by atoms with Gasteiger partial charge in [0.15, 0.2) is 0 Å². The minimum absolute atomic E-state index is 0. The lowest BCUT2D eigenvalue weighted by molar-refractivity contribution is 0.477. The maximum Gasteiger partial charge on any atom is 0.222 e. The van der Waals surface area contributed by atoms with Crippen LogP contribution in [0.5, 0.6) is 0 Å². The molecule has 0 amide bonds. The van der Waals surface area contributed by atoms with Gasteiger partial charge in [0.05, 0.1) is 4.47 Å². The van der Waals surface area contributed by atoms with E-state index in [0.717, 1.165) is 36.4 Å². The second-order valence-corrected chi connectivity index (χ2v) is 4.31. The highest BCUT2D eigenvalue weighted by Gasteiger charge is 2.12. The van der Waals surface area contributed by atoms with Crippen LogP contribution in [0.3, 0.4) is 0 Å². The zero-order chi connectivity index (χ0) is 9.80. The number of halogens is 3. The van der Waals surface area contributed by atoms with E-state index in [0.29, 0.717) is 6.04 Å². The van der Waals surface area contributed by atoms with Crippen LogP contribution in [-0.4, -0.2) is 29.1 Å². The van der Waals surface area contributed by atoms with Gasteiger partial charge < -0.3 is 10.6 Å². The first kappa shape index (κ1) is 15.9. The maximum absolute atomic E-state index is 4.18. The van der Waals surface area contributed by atoms with Crippen molar-refractivity contribution >= 4 is 46.7 Å². The molecule has 2 N–H and O–H groups in total. The zero-order valence-electron chi connectivity index (χ0n) is 8.65. The number of nitrogens with zero attached hydrogens (tertiary/aromatic N) is 2. The van der Waals surface area contributed by atoms with Crippen LogP contribution < -0.4 is 10.6 Å². The highest BCUT2D eigenvalue weighted by atomic mass is 79.9. The van der Waals surface area contributed by atoms with Gasteiger partial charge in [0.1, 0.15) is 0 Å². The first-order valence-electron chi connectivity index (χ1n) is 4.79. The summed E-state index contributed by atoms with van der Waals surface area (Å²) in [6.07, 6.45) is 5.80. The highest BCUT2D eigenvalue weighted by molar-refractivity contribution is 9.10. The summed E-state index contributed by atoms with van der Waals surface area (Å²) < 4.78 is 0.911. The third-order valence-corrected chi connectivity index (χ3v) is 2.70. The van der Waals surface area contributed by atoms with Gasteiger partial charge >= 0.3 is 0 Å². The highest BCUT2D eigenvalue weighted by Crippen LogP contribution is 2.11. The van der Waals surface area contributed by atoms with Gasteiger partial charge in [0, 0.05) is 18.4 Å². The van der Waals surface area contributed by atoms with Crippen LogP contribution in [-0.2, 0) is 0 Å². The van der Waals surface area contributed by atoms with Crippen molar-refractivity contribution in [3.63, 3.8) is 0 Å². The minimum atomic E-state index is 0. The number of anilines is 1. The average Bonchev–Trinajstić information content (AvgIpc) is 2.23. The van der Waals surface area contributed by atoms with E-state index in [4.69, 9.17) is 0 Å². The molecule has 0 saturated carbocycles. The zero-order valence-corrected chi connectivity index (χ0v) is 11.9. The van der Waals surface area contributed by atoms with Gasteiger partial charge in [0.25, 0.3) is 0 Å². The fraction of sp³-hybridized carbons (Fsp3) is 0.556. The van der Waals surface area contributed by atoms with E-state index in [2.05, 4.69) is 36.5 Å². The number of piperidine rings is 1. The minimum Gasteiger partial charge on any atom is -0.351 e. The molecule has 7 heteroatoms. The third-order valence-electron chi connectivity index (χ3n) is 2.29. The SMILES string of the molecule is Brc1cnc(NC2CCNCC2)nc1.Cl.Cl. The van der Waals surface area contributed by atoms with E-state index in [9.17, 15) is 0 Å². The summed E-state index contributed by atoms with van der Waals surface area (Å²) in [5.41, 5.74) is 0. The summed E-state index contributed by atoms with van der Waals surface area (Å²) in [4.78, 5) is 8.37. The smallest absolute Gasteiger partial charge is 0.222 e. The van der Waals surface area contributed by atoms with Crippen LogP contribution in [0, 0.1) is 0 Å². The van der Waals surface area contributed by atoms with Crippen molar-refractivity contribution in [1.29, 1.82) is 0 Å². The molecule has 0 radical (unpaired) electrons. The van der Waals surface area contributed by atoms with Gasteiger partial charge in [-0.15, -0.1) is 24.8 Å². The number of hydrogen-bond donors (Lipinski definition) is 2. The molecule has 1 aromatic rings. The van der Waals surface area contributed by atoms with E-state index >= 15 is 0 Å². The third kappa shape index (κ3) is 4.82. The lowest BCUT2D eigenvalue weighted by Crippen LogP contribution is -2.35. The van der Waals surface area contributed by atoms with E-state index in [-0.39, 0.29) is 24.8 Å². The van der Waals surface area contributed by atoms with E-state index in [1.54, 1.807) is 12.4 Å². The molecule has 1 saturated heterocycles. The monoisotopic (exact) mass is 328 g/mol. The number of rotatable bonds is 2. The lowest BCUT2D eigenvalue weighted by atomic mass is 10.1.